The minimum atomic E-state index is -0.686. The van der Waals surface area contributed by atoms with Crippen LogP contribution in [0.4, 0.5) is 0 Å². The van der Waals surface area contributed by atoms with Gasteiger partial charge in [0.15, 0.2) is 0 Å². The van der Waals surface area contributed by atoms with Crippen LogP contribution >= 0.6 is 0 Å². The van der Waals surface area contributed by atoms with Crippen molar-refractivity contribution in [1.82, 2.24) is 4.90 Å². The number of ether oxygens (including phenoxy) is 2. The molecule has 0 N–H and O–H groups in total. The molecule has 0 saturated heterocycles. The zero-order valence-electron chi connectivity index (χ0n) is 16.4. The largest absolute Gasteiger partial charge is 0.465 e. The lowest BCUT2D eigenvalue weighted by Gasteiger charge is -2.20. The first kappa shape index (κ1) is 23.2. The zero-order valence-corrected chi connectivity index (χ0v) is 16.4. The van der Waals surface area contributed by atoms with Gasteiger partial charge >= 0.3 is 11.9 Å². The normalized spacial score (nSPS) is 10.6. The van der Waals surface area contributed by atoms with Crippen molar-refractivity contribution in [2.45, 2.75) is 65.2 Å². The van der Waals surface area contributed by atoms with E-state index in [4.69, 9.17) is 0 Å². The van der Waals surface area contributed by atoms with Crippen LogP contribution in [0.2, 0.25) is 0 Å². The van der Waals surface area contributed by atoms with Gasteiger partial charge in [0.25, 0.3) is 0 Å². The molecule has 5 nitrogen and oxygen atoms in total. The fourth-order valence-electron chi connectivity index (χ4n) is 2.44. The summed E-state index contributed by atoms with van der Waals surface area (Å²) in [6.07, 6.45) is 14.8. The van der Waals surface area contributed by atoms with E-state index in [1.807, 2.05) is 6.20 Å². The minimum Gasteiger partial charge on any atom is -0.465 e. The second-order valence-electron chi connectivity index (χ2n) is 6.06. The van der Waals surface area contributed by atoms with Crippen LogP contribution in [0.1, 0.15) is 65.2 Å². The predicted octanol–water partition coefficient (Wildman–Crippen LogP) is 4.24. The standard InChI is InChI=1S/C20H35NO4/c1-5-7-9-11-15-21(16-12-10-8-6-2)17-13-14-18(19(22)24-3)20(23)25-4/h13-14,17H,5-12,15-16H2,1-4H3/b17-13+. The molecule has 0 aliphatic heterocycles. The van der Waals surface area contributed by atoms with Gasteiger partial charge < -0.3 is 14.4 Å². The van der Waals surface area contributed by atoms with Crippen molar-refractivity contribution >= 4 is 11.9 Å². The van der Waals surface area contributed by atoms with Gasteiger partial charge in [0.05, 0.1) is 14.2 Å². The molecule has 0 amide bonds. The van der Waals surface area contributed by atoms with E-state index in [1.54, 1.807) is 6.08 Å². The molecule has 0 heterocycles. The molecule has 0 saturated carbocycles. The van der Waals surface area contributed by atoms with Crippen LogP contribution in [0.3, 0.4) is 0 Å². The van der Waals surface area contributed by atoms with Crippen molar-refractivity contribution in [3.63, 3.8) is 0 Å². The van der Waals surface area contributed by atoms with Gasteiger partial charge in [-0.2, -0.15) is 0 Å². The number of carbonyl (C=O) groups excluding carboxylic acids is 2. The number of carbonyl (C=O) groups is 2. The number of esters is 2. The monoisotopic (exact) mass is 353 g/mol. The quantitative estimate of drug-likeness (QED) is 0.117. The third kappa shape index (κ3) is 11.4. The van der Waals surface area contributed by atoms with Crippen molar-refractivity contribution in [2.75, 3.05) is 27.3 Å². The number of allylic oxidation sites excluding steroid dienone is 2. The molecule has 0 bridgehead atoms. The van der Waals surface area contributed by atoms with Gasteiger partial charge in [-0.3, -0.25) is 0 Å². The fourth-order valence-corrected chi connectivity index (χ4v) is 2.44. The number of nitrogens with zero attached hydrogens (tertiary/aromatic N) is 1. The Hall–Kier alpha value is -1.78. The molecule has 25 heavy (non-hydrogen) atoms. The summed E-state index contributed by atoms with van der Waals surface area (Å²) in [4.78, 5) is 25.5. The molecule has 0 atom stereocenters. The number of rotatable bonds is 14. The van der Waals surface area contributed by atoms with E-state index in [2.05, 4.69) is 28.2 Å². The fraction of sp³-hybridized carbons (Fsp3) is 0.700. The van der Waals surface area contributed by atoms with Crippen LogP contribution in [0, 0.1) is 0 Å². The molecular formula is C20H35NO4. The van der Waals surface area contributed by atoms with Crippen molar-refractivity contribution in [3.05, 3.63) is 23.9 Å². The lowest BCUT2D eigenvalue weighted by atomic mass is 10.1. The number of unbranched alkanes of at least 4 members (excludes halogenated alkanes) is 6. The average molecular weight is 354 g/mol. The van der Waals surface area contributed by atoms with Crippen LogP contribution in [-0.4, -0.2) is 44.1 Å². The highest BCUT2D eigenvalue weighted by Gasteiger charge is 2.18. The first-order valence-electron chi connectivity index (χ1n) is 9.39. The van der Waals surface area contributed by atoms with E-state index < -0.39 is 11.9 Å². The summed E-state index contributed by atoms with van der Waals surface area (Å²) in [5.41, 5.74) is -0.0989. The molecule has 0 aromatic rings. The Balaban J connectivity index is 4.78. The third-order valence-corrected chi connectivity index (χ3v) is 3.97. The van der Waals surface area contributed by atoms with Gasteiger partial charge in [0.1, 0.15) is 5.57 Å². The Morgan fingerprint density at radius 3 is 1.68 bits per heavy atom. The van der Waals surface area contributed by atoms with E-state index in [1.165, 1.54) is 58.8 Å². The summed E-state index contributed by atoms with van der Waals surface area (Å²) in [5.74, 6) is -1.37. The molecule has 0 aliphatic rings. The van der Waals surface area contributed by atoms with Gasteiger partial charge in [0.2, 0.25) is 0 Å². The van der Waals surface area contributed by atoms with Crippen LogP contribution in [0.5, 0.6) is 0 Å². The van der Waals surface area contributed by atoms with E-state index in [0.29, 0.717) is 0 Å². The molecule has 0 aromatic carbocycles. The van der Waals surface area contributed by atoms with E-state index in [0.717, 1.165) is 25.9 Å². The Kier molecular flexibility index (Phi) is 14.6. The highest BCUT2D eigenvalue weighted by molar-refractivity contribution is 6.14. The zero-order chi connectivity index (χ0) is 18.9. The second-order valence-corrected chi connectivity index (χ2v) is 6.06. The number of hydrogen-bond acceptors (Lipinski definition) is 5. The predicted molar refractivity (Wildman–Crippen MR) is 101 cm³/mol. The van der Waals surface area contributed by atoms with Crippen molar-refractivity contribution < 1.29 is 19.1 Å². The molecule has 0 aromatic heterocycles. The van der Waals surface area contributed by atoms with Gasteiger partial charge in [0, 0.05) is 13.1 Å². The van der Waals surface area contributed by atoms with E-state index in [9.17, 15) is 9.59 Å². The molecular weight excluding hydrogens is 318 g/mol. The Morgan fingerprint density at radius 1 is 0.800 bits per heavy atom. The van der Waals surface area contributed by atoms with Gasteiger partial charge in [-0.05, 0) is 31.2 Å². The molecule has 0 unspecified atom stereocenters. The first-order valence-corrected chi connectivity index (χ1v) is 9.39. The van der Waals surface area contributed by atoms with Gasteiger partial charge in [-0.25, -0.2) is 9.59 Å². The molecule has 0 fully saturated rings. The summed E-state index contributed by atoms with van der Waals surface area (Å²) in [7, 11) is 2.49. The maximum absolute atomic E-state index is 11.6. The van der Waals surface area contributed by atoms with Gasteiger partial charge in [-0.15, -0.1) is 0 Å². The van der Waals surface area contributed by atoms with Crippen molar-refractivity contribution in [2.24, 2.45) is 0 Å². The van der Waals surface area contributed by atoms with Gasteiger partial charge in [-0.1, -0.05) is 52.4 Å². The lowest BCUT2D eigenvalue weighted by molar-refractivity contribution is -0.144. The van der Waals surface area contributed by atoms with Crippen molar-refractivity contribution in [3.8, 4) is 0 Å². The maximum atomic E-state index is 11.6. The molecule has 5 heteroatoms. The molecule has 144 valence electrons. The molecule has 0 aliphatic carbocycles. The molecule has 0 spiro atoms. The number of hydrogen-bond donors (Lipinski definition) is 0. The highest BCUT2D eigenvalue weighted by Crippen LogP contribution is 2.07. The molecule has 0 radical (unpaired) electrons. The van der Waals surface area contributed by atoms with E-state index >= 15 is 0 Å². The summed E-state index contributed by atoms with van der Waals surface area (Å²) < 4.78 is 9.24. The Labute approximate surface area is 153 Å². The summed E-state index contributed by atoms with van der Waals surface area (Å²) in [6.45, 7) is 6.38. The summed E-state index contributed by atoms with van der Waals surface area (Å²) >= 11 is 0. The summed E-state index contributed by atoms with van der Waals surface area (Å²) in [6, 6.07) is 0. The smallest absolute Gasteiger partial charge is 0.345 e. The van der Waals surface area contributed by atoms with Crippen LogP contribution in [0.25, 0.3) is 0 Å². The minimum absolute atomic E-state index is 0.0989. The maximum Gasteiger partial charge on any atom is 0.345 e. The first-order chi connectivity index (χ1) is 12.1. The van der Waals surface area contributed by atoms with E-state index in [-0.39, 0.29) is 5.57 Å². The topological polar surface area (TPSA) is 55.8 Å². The van der Waals surface area contributed by atoms with Crippen LogP contribution < -0.4 is 0 Å². The second kappa shape index (κ2) is 15.7. The Bertz CT molecular complexity index is 399. The number of methoxy groups -OCH3 is 2. The van der Waals surface area contributed by atoms with Crippen molar-refractivity contribution in [1.29, 1.82) is 0 Å². The van der Waals surface area contributed by atoms with Crippen LogP contribution in [-0.2, 0) is 19.1 Å². The highest BCUT2D eigenvalue weighted by atomic mass is 16.5. The van der Waals surface area contributed by atoms with Crippen LogP contribution in [0.15, 0.2) is 23.9 Å². The average Bonchev–Trinajstić information content (AvgIpc) is 2.63. The third-order valence-electron chi connectivity index (χ3n) is 3.97. The lowest BCUT2D eigenvalue weighted by Crippen LogP contribution is -2.20. The molecule has 0 rings (SSSR count). The summed E-state index contributed by atoms with van der Waals surface area (Å²) in [5, 5.41) is 0. The Morgan fingerprint density at radius 2 is 1.28 bits per heavy atom. The SMILES string of the molecule is CCCCCCN(/C=C/C=C(C(=O)OC)C(=O)OC)CCCCCC.